The van der Waals surface area contributed by atoms with E-state index in [0.717, 1.165) is 11.3 Å². The predicted octanol–water partition coefficient (Wildman–Crippen LogP) is 3.99. The minimum absolute atomic E-state index is 0.317. The van der Waals surface area contributed by atoms with Gasteiger partial charge >= 0.3 is 6.03 Å². The molecule has 0 aliphatic heterocycles. The minimum atomic E-state index is -0.317. The summed E-state index contributed by atoms with van der Waals surface area (Å²) < 4.78 is 10.3. The summed E-state index contributed by atoms with van der Waals surface area (Å²) in [6.45, 7) is 0. The van der Waals surface area contributed by atoms with Crippen LogP contribution in [-0.2, 0) is 0 Å². The molecule has 116 valence electrons. The van der Waals surface area contributed by atoms with Crippen LogP contribution in [0.3, 0.4) is 0 Å². The number of urea groups is 1. The van der Waals surface area contributed by atoms with E-state index in [-0.39, 0.29) is 6.03 Å². The Hall–Kier alpha value is -3.28. The maximum absolute atomic E-state index is 12.0. The highest BCUT2D eigenvalue weighted by molar-refractivity contribution is 5.99. The Morgan fingerprint density at radius 2 is 1.61 bits per heavy atom. The van der Waals surface area contributed by atoms with E-state index in [1.165, 1.54) is 6.39 Å². The van der Waals surface area contributed by atoms with Crippen molar-refractivity contribution < 1.29 is 13.9 Å². The first-order valence-corrected chi connectivity index (χ1v) is 6.95. The summed E-state index contributed by atoms with van der Waals surface area (Å²) in [5, 5.41) is 5.51. The third-order valence-corrected chi connectivity index (χ3v) is 3.21. The molecule has 0 spiro atoms. The fraction of sp³-hybridized carbons (Fsp3) is 0.0588. The van der Waals surface area contributed by atoms with Gasteiger partial charge in [0.1, 0.15) is 5.75 Å². The molecule has 2 aromatic carbocycles. The molecule has 6 nitrogen and oxygen atoms in total. The Kier molecular flexibility index (Phi) is 4.24. The van der Waals surface area contributed by atoms with Gasteiger partial charge in [-0.1, -0.05) is 0 Å². The van der Waals surface area contributed by atoms with Gasteiger partial charge in [0.15, 0.2) is 12.2 Å². The van der Waals surface area contributed by atoms with Crippen molar-refractivity contribution in [3.63, 3.8) is 0 Å². The van der Waals surface area contributed by atoms with Gasteiger partial charge in [0, 0.05) is 16.9 Å². The standard InChI is InChI=1S/C17H15N3O3/c1-22-15-8-6-14(7-9-15)20-17(21)19-13-4-2-12(3-5-13)16-10-18-11-23-16/h2-11H,1H3,(H2,19,20,21). The average Bonchev–Trinajstić information content (AvgIpc) is 3.11. The number of methoxy groups -OCH3 is 1. The molecule has 0 aliphatic rings. The van der Waals surface area contributed by atoms with Crippen molar-refractivity contribution in [2.75, 3.05) is 17.7 Å². The zero-order valence-corrected chi connectivity index (χ0v) is 12.4. The minimum Gasteiger partial charge on any atom is -0.497 e. The molecule has 0 saturated heterocycles. The number of oxazole rings is 1. The van der Waals surface area contributed by atoms with Gasteiger partial charge in [-0.25, -0.2) is 9.78 Å². The predicted molar refractivity (Wildman–Crippen MR) is 87.6 cm³/mol. The molecule has 6 heteroatoms. The number of benzene rings is 2. The van der Waals surface area contributed by atoms with Crippen LogP contribution in [0.4, 0.5) is 16.2 Å². The highest BCUT2D eigenvalue weighted by Gasteiger charge is 2.05. The number of carbonyl (C=O) groups excluding carboxylic acids is 1. The normalized spacial score (nSPS) is 10.1. The molecule has 0 saturated carbocycles. The quantitative estimate of drug-likeness (QED) is 0.764. The second kappa shape index (κ2) is 6.65. The number of hydrogen-bond donors (Lipinski definition) is 2. The van der Waals surface area contributed by atoms with Gasteiger partial charge in [0.25, 0.3) is 0 Å². The number of anilines is 2. The van der Waals surface area contributed by atoms with E-state index < -0.39 is 0 Å². The lowest BCUT2D eigenvalue weighted by Gasteiger charge is -2.08. The van der Waals surface area contributed by atoms with Crippen LogP contribution in [0.25, 0.3) is 11.3 Å². The lowest BCUT2D eigenvalue weighted by Crippen LogP contribution is -2.19. The molecule has 0 bridgehead atoms. The number of carbonyl (C=O) groups is 1. The molecule has 3 rings (SSSR count). The van der Waals surface area contributed by atoms with Crippen LogP contribution < -0.4 is 15.4 Å². The molecular weight excluding hydrogens is 294 g/mol. The Labute approximate surface area is 133 Å². The molecule has 0 atom stereocenters. The van der Waals surface area contributed by atoms with Crippen molar-refractivity contribution in [3.05, 3.63) is 61.1 Å². The summed E-state index contributed by atoms with van der Waals surface area (Å²) in [5.41, 5.74) is 2.25. The van der Waals surface area contributed by atoms with Crippen molar-refractivity contribution in [1.82, 2.24) is 4.98 Å². The van der Waals surface area contributed by atoms with Gasteiger partial charge in [-0.15, -0.1) is 0 Å². The Bertz CT molecular complexity index is 766. The summed E-state index contributed by atoms with van der Waals surface area (Å²) in [6, 6.07) is 14.1. The second-order valence-corrected chi connectivity index (χ2v) is 4.75. The van der Waals surface area contributed by atoms with E-state index in [0.29, 0.717) is 17.1 Å². The van der Waals surface area contributed by atoms with Crippen LogP contribution in [0.1, 0.15) is 0 Å². The number of rotatable bonds is 4. The van der Waals surface area contributed by atoms with Gasteiger partial charge in [-0.2, -0.15) is 0 Å². The van der Waals surface area contributed by atoms with Crippen LogP contribution in [0, 0.1) is 0 Å². The van der Waals surface area contributed by atoms with Crippen LogP contribution in [0.2, 0.25) is 0 Å². The van der Waals surface area contributed by atoms with E-state index in [2.05, 4.69) is 15.6 Å². The molecular formula is C17H15N3O3. The first kappa shape index (κ1) is 14.6. The van der Waals surface area contributed by atoms with E-state index in [4.69, 9.17) is 9.15 Å². The number of aromatic nitrogens is 1. The third-order valence-electron chi connectivity index (χ3n) is 3.21. The van der Waals surface area contributed by atoms with E-state index in [9.17, 15) is 4.79 Å². The lowest BCUT2D eigenvalue weighted by molar-refractivity contribution is 0.262. The number of ether oxygens (including phenoxy) is 1. The Balaban J connectivity index is 1.61. The number of nitrogens with zero attached hydrogens (tertiary/aromatic N) is 1. The zero-order valence-electron chi connectivity index (χ0n) is 12.4. The van der Waals surface area contributed by atoms with Crippen molar-refractivity contribution in [2.45, 2.75) is 0 Å². The number of amides is 2. The van der Waals surface area contributed by atoms with Crippen LogP contribution in [0.15, 0.2) is 65.5 Å². The monoisotopic (exact) mass is 309 g/mol. The second-order valence-electron chi connectivity index (χ2n) is 4.75. The van der Waals surface area contributed by atoms with Crippen molar-refractivity contribution in [2.24, 2.45) is 0 Å². The molecule has 1 heterocycles. The summed E-state index contributed by atoms with van der Waals surface area (Å²) in [5.74, 6) is 1.41. The van der Waals surface area contributed by atoms with Gasteiger partial charge in [-0.05, 0) is 48.5 Å². The molecule has 23 heavy (non-hydrogen) atoms. The van der Waals surface area contributed by atoms with Crippen LogP contribution >= 0.6 is 0 Å². The average molecular weight is 309 g/mol. The van der Waals surface area contributed by atoms with Crippen LogP contribution in [0.5, 0.6) is 5.75 Å². The topological polar surface area (TPSA) is 76.4 Å². The molecule has 0 aliphatic carbocycles. The maximum Gasteiger partial charge on any atom is 0.323 e. The number of hydrogen-bond acceptors (Lipinski definition) is 4. The fourth-order valence-corrected chi connectivity index (χ4v) is 2.04. The molecule has 1 aromatic heterocycles. The van der Waals surface area contributed by atoms with E-state index >= 15 is 0 Å². The Morgan fingerprint density at radius 1 is 1.00 bits per heavy atom. The first-order chi connectivity index (χ1) is 11.2. The van der Waals surface area contributed by atoms with Gasteiger partial charge in [0.05, 0.1) is 13.3 Å². The zero-order chi connectivity index (χ0) is 16.1. The van der Waals surface area contributed by atoms with E-state index in [1.54, 1.807) is 49.7 Å². The Morgan fingerprint density at radius 3 is 2.13 bits per heavy atom. The molecule has 0 fully saturated rings. The molecule has 0 radical (unpaired) electrons. The fourth-order valence-electron chi connectivity index (χ4n) is 2.04. The van der Waals surface area contributed by atoms with Crippen molar-refractivity contribution >= 4 is 17.4 Å². The van der Waals surface area contributed by atoms with Crippen molar-refractivity contribution in [3.8, 4) is 17.1 Å². The summed E-state index contributed by atoms with van der Waals surface area (Å²) in [7, 11) is 1.59. The smallest absolute Gasteiger partial charge is 0.323 e. The van der Waals surface area contributed by atoms with Gasteiger partial charge < -0.3 is 19.8 Å². The molecule has 0 unspecified atom stereocenters. The number of nitrogens with one attached hydrogen (secondary N) is 2. The SMILES string of the molecule is COc1ccc(NC(=O)Nc2ccc(-c3cnco3)cc2)cc1. The van der Waals surface area contributed by atoms with Gasteiger partial charge in [-0.3, -0.25) is 0 Å². The first-order valence-electron chi connectivity index (χ1n) is 6.95. The summed E-state index contributed by atoms with van der Waals surface area (Å²) in [6.07, 6.45) is 3.02. The lowest BCUT2D eigenvalue weighted by atomic mass is 10.2. The van der Waals surface area contributed by atoms with E-state index in [1.807, 2.05) is 12.1 Å². The van der Waals surface area contributed by atoms with Crippen LogP contribution in [-0.4, -0.2) is 18.1 Å². The largest absolute Gasteiger partial charge is 0.497 e. The summed E-state index contributed by atoms with van der Waals surface area (Å²) >= 11 is 0. The summed E-state index contributed by atoms with van der Waals surface area (Å²) in [4.78, 5) is 15.8. The van der Waals surface area contributed by atoms with Gasteiger partial charge in [0.2, 0.25) is 0 Å². The molecule has 3 aromatic rings. The highest BCUT2D eigenvalue weighted by Crippen LogP contribution is 2.21. The van der Waals surface area contributed by atoms with Crippen molar-refractivity contribution in [1.29, 1.82) is 0 Å². The molecule has 2 amide bonds. The molecule has 2 N–H and O–H groups in total. The maximum atomic E-state index is 12.0. The highest BCUT2D eigenvalue weighted by atomic mass is 16.5. The third kappa shape index (κ3) is 3.68.